The van der Waals surface area contributed by atoms with Crippen molar-refractivity contribution in [1.29, 1.82) is 5.41 Å². The van der Waals surface area contributed by atoms with E-state index in [-0.39, 0.29) is 5.84 Å². The van der Waals surface area contributed by atoms with Crippen molar-refractivity contribution < 1.29 is 0 Å². The third-order valence-electron chi connectivity index (χ3n) is 3.78. The van der Waals surface area contributed by atoms with Crippen LogP contribution in [-0.4, -0.2) is 43.5 Å². The van der Waals surface area contributed by atoms with Crippen LogP contribution in [0.15, 0.2) is 18.2 Å². The molecule has 1 aromatic rings. The van der Waals surface area contributed by atoms with E-state index in [1.165, 1.54) is 0 Å². The molecular weight excluding hydrogens is 284 g/mol. The number of rotatable bonds is 9. The van der Waals surface area contributed by atoms with E-state index in [4.69, 9.17) is 22.7 Å². The molecule has 0 heterocycles. The van der Waals surface area contributed by atoms with Crippen LogP contribution in [0.1, 0.15) is 32.8 Å². The second-order valence-electron chi connectivity index (χ2n) is 5.04. The van der Waals surface area contributed by atoms with Gasteiger partial charge in [0, 0.05) is 18.7 Å². The van der Waals surface area contributed by atoms with Crippen LogP contribution in [0.5, 0.6) is 0 Å². The van der Waals surface area contributed by atoms with E-state index in [0.717, 1.165) is 44.8 Å². The fraction of sp³-hybridized carbons (Fsp3) is 0.562. The topological polar surface area (TPSA) is 56.4 Å². The highest BCUT2D eigenvalue weighted by molar-refractivity contribution is 6.33. The second-order valence-corrected chi connectivity index (χ2v) is 5.45. The Balaban J connectivity index is 2.69. The Morgan fingerprint density at radius 3 is 2.29 bits per heavy atom. The van der Waals surface area contributed by atoms with Crippen molar-refractivity contribution in [2.75, 3.05) is 37.6 Å². The van der Waals surface area contributed by atoms with Crippen LogP contribution in [0.4, 0.5) is 5.69 Å². The Labute approximate surface area is 133 Å². The first-order valence-electron chi connectivity index (χ1n) is 7.64. The highest BCUT2D eigenvalue weighted by Crippen LogP contribution is 2.27. The van der Waals surface area contributed by atoms with Crippen molar-refractivity contribution >= 4 is 23.1 Å². The molecule has 21 heavy (non-hydrogen) atoms. The third kappa shape index (κ3) is 5.21. The van der Waals surface area contributed by atoms with Crippen LogP contribution in [0.3, 0.4) is 0 Å². The Hall–Kier alpha value is -1.26. The van der Waals surface area contributed by atoms with E-state index >= 15 is 0 Å². The molecule has 0 saturated carbocycles. The van der Waals surface area contributed by atoms with E-state index in [9.17, 15) is 0 Å². The minimum Gasteiger partial charge on any atom is -0.384 e. The lowest BCUT2D eigenvalue weighted by atomic mass is 10.1. The molecule has 0 aromatic heterocycles. The lowest BCUT2D eigenvalue weighted by molar-refractivity contribution is 0.301. The number of nitrogens with zero attached hydrogens (tertiary/aromatic N) is 2. The maximum absolute atomic E-state index is 7.46. The van der Waals surface area contributed by atoms with Gasteiger partial charge in [-0.15, -0.1) is 0 Å². The molecule has 118 valence electrons. The number of halogens is 1. The van der Waals surface area contributed by atoms with Gasteiger partial charge in [-0.3, -0.25) is 5.41 Å². The van der Waals surface area contributed by atoms with Gasteiger partial charge in [-0.25, -0.2) is 0 Å². The van der Waals surface area contributed by atoms with Gasteiger partial charge in [-0.05, 0) is 51.2 Å². The molecule has 0 bridgehead atoms. The number of hydrogen-bond donors (Lipinski definition) is 2. The van der Waals surface area contributed by atoms with Crippen molar-refractivity contribution in [3.63, 3.8) is 0 Å². The zero-order chi connectivity index (χ0) is 15.8. The second kappa shape index (κ2) is 8.90. The highest BCUT2D eigenvalue weighted by Gasteiger charge is 2.10. The summed E-state index contributed by atoms with van der Waals surface area (Å²) in [5.41, 5.74) is 7.18. The van der Waals surface area contributed by atoms with Gasteiger partial charge >= 0.3 is 0 Å². The molecule has 0 aliphatic carbocycles. The van der Waals surface area contributed by atoms with Crippen LogP contribution < -0.4 is 10.6 Å². The summed E-state index contributed by atoms with van der Waals surface area (Å²) in [7, 11) is 0. The average Bonchev–Trinajstić information content (AvgIpc) is 2.48. The van der Waals surface area contributed by atoms with Gasteiger partial charge < -0.3 is 15.5 Å². The van der Waals surface area contributed by atoms with Gasteiger partial charge in [0.2, 0.25) is 0 Å². The van der Waals surface area contributed by atoms with Gasteiger partial charge in [-0.2, -0.15) is 0 Å². The van der Waals surface area contributed by atoms with Crippen molar-refractivity contribution in [2.24, 2.45) is 5.73 Å². The molecule has 3 N–H and O–H groups in total. The summed E-state index contributed by atoms with van der Waals surface area (Å²) in [5, 5.41) is 8.11. The Morgan fingerprint density at radius 1 is 1.14 bits per heavy atom. The quantitative estimate of drug-likeness (QED) is 0.544. The van der Waals surface area contributed by atoms with Gasteiger partial charge in [0.1, 0.15) is 5.84 Å². The average molecular weight is 311 g/mol. The molecule has 4 nitrogen and oxygen atoms in total. The van der Waals surface area contributed by atoms with Crippen LogP contribution in [0, 0.1) is 5.41 Å². The minimum absolute atomic E-state index is 0.0491. The van der Waals surface area contributed by atoms with Crippen molar-refractivity contribution in [3.8, 4) is 0 Å². The lowest BCUT2D eigenvalue weighted by Crippen LogP contribution is -2.30. The van der Waals surface area contributed by atoms with Crippen LogP contribution >= 0.6 is 11.6 Å². The molecule has 0 aliphatic rings. The van der Waals surface area contributed by atoms with E-state index in [0.29, 0.717) is 10.6 Å². The Kier molecular flexibility index (Phi) is 7.54. The number of anilines is 1. The van der Waals surface area contributed by atoms with Crippen molar-refractivity contribution in [1.82, 2.24) is 4.90 Å². The molecule has 5 heteroatoms. The lowest BCUT2D eigenvalue weighted by Gasteiger charge is -2.26. The molecule has 0 unspecified atom stereocenters. The van der Waals surface area contributed by atoms with Gasteiger partial charge in [0.15, 0.2) is 0 Å². The first kappa shape index (κ1) is 17.8. The maximum Gasteiger partial charge on any atom is 0.122 e. The summed E-state index contributed by atoms with van der Waals surface area (Å²) in [6.45, 7) is 11.7. The van der Waals surface area contributed by atoms with E-state index in [1.54, 1.807) is 6.07 Å². The molecule has 1 rings (SSSR count). The zero-order valence-electron chi connectivity index (χ0n) is 13.3. The third-order valence-corrected chi connectivity index (χ3v) is 4.08. The zero-order valence-corrected chi connectivity index (χ0v) is 14.1. The van der Waals surface area contributed by atoms with E-state index < -0.39 is 0 Å². The fourth-order valence-electron chi connectivity index (χ4n) is 2.40. The molecule has 0 aliphatic heterocycles. The number of amidine groups is 1. The van der Waals surface area contributed by atoms with Crippen molar-refractivity contribution in [3.05, 3.63) is 28.8 Å². The first-order valence-corrected chi connectivity index (χ1v) is 8.02. The van der Waals surface area contributed by atoms with Gasteiger partial charge in [0.25, 0.3) is 0 Å². The summed E-state index contributed by atoms with van der Waals surface area (Å²) >= 11 is 6.34. The molecule has 0 fully saturated rings. The Bertz CT molecular complexity index is 458. The number of nitrogens with two attached hydrogens (primary N) is 1. The minimum atomic E-state index is 0.0491. The highest BCUT2D eigenvalue weighted by atomic mass is 35.5. The van der Waals surface area contributed by atoms with Crippen LogP contribution in [0.2, 0.25) is 5.02 Å². The van der Waals surface area contributed by atoms with E-state index in [2.05, 4.69) is 30.6 Å². The van der Waals surface area contributed by atoms with E-state index in [1.807, 2.05) is 12.1 Å². The summed E-state index contributed by atoms with van der Waals surface area (Å²) < 4.78 is 0. The fourth-order valence-corrected chi connectivity index (χ4v) is 2.70. The van der Waals surface area contributed by atoms with Gasteiger partial charge in [-0.1, -0.05) is 25.4 Å². The Morgan fingerprint density at radius 2 is 1.81 bits per heavy atom. The predicted molar refractivity (Wildman–Crippen MR) is 92.8 cm³/mol. The normalized spacial score (nSPS) is 10.9. The number of hydrogen-bond acceptors (Lipinski definition) is 3. The standard InChI is InChI=1S/C16H27ClN4/c1-4-20(5-2)10-7-11-21(6-3)15-9-8-13(16(18)19)12-14(15)17/h8-9,12H,4-7,10-11H2,1-3H3,(H3,18,19). The van der Waals surface area contributed by atoms with Crippen LogP contribution in [0.25, 0.3) is 0 Å². The number of nitrogens with one attached hydrogen (secondary N) is 1. The molecule has 0 amide bonds. The number of nitrogen functional groups attached to an aromatic ring is 1. The first-order chi connectivity index (χ1) is 10.0. The summed E-state index contributed by atoms with van der Waals surface area (Å²) in [4.78, 5) is 4.70. The number of benzene rings is 1. The molecule has 0 saturated heterocycles. The smallest absolute Gasteiger partial charge is 0.122 e. The SMILES string of the molecule is CCN(CC)CCCN(CC)c1ccc(C(=N)N)cc1Cl. The molecule has 1 aromatic carbocycles. The van der Waals surface area contributed by atoms with Crippen molar-refractivity contribution in [2.45, 2.75) is 27.2 Å². The van der Waals surface area contributed by atoms with Crippen LogP contribution in [-0.2, 0) is 0 Å². The summed E-state index contributed by atoms with van der Waals surface area (Å²) in [6, 6.07) is 5.59. The predicted octanol–water partition coefficient (Wildman–Crippen LogP) is 3.18. The molecule has 0 radical (unpaired) electrons. The molecular formula is C16H27ClN4. The molecule has 0 spiro atoms. The largest absolute Gasteiger partial charge is 0.384 e. The monoisotopic (exact) mass is 310 g/mol. The summed E-state index contributed by atoms with van der Waals surface area (Å²) in [5.74, 6) is 0.0491. The van der Waals surface area contributed by atoms with Gasteiger partial charge in [0.05, 0.1) is 10.7 Å². The summed E-state index contributed by atoms with van der Waals surface area (Å²) in [6.07, 6.45) is 1.11. The maximum atomic E-state index is 7.46. The molecule has 0 atom stereocenters.